The molecule has 0 bridgehead atoms. The van der Waals surface area contributed by atoms with Crippen molar-refractivity contribution >= 4 is 5.91 Å². The van der Waals surface area contributed by atoms with Gasteiger partial charge in [-0.25, -0.2) is 0 Å². The normalized spacial score (nSPS) is 29.5. The van der Waals surface area contributed by atoms with Crippen LogP contribution in [-0.4, -0.2) is 41.3 Å². The number of nitrogens with one attached hydrogen (secondary N) is 1. The fourth-order valence-electron chi connectivity index (χ4n) is 1.64. The Hall–Kier alpha value is -0.610. The predicted octanol–water partition coefficient (Wildman–Crippen LogP) is -0.465. The highest BCUT2D eigenvalue weighted by Crippen LogP contribution is 2.13. The van der Waals surface area contributed by atoms with Crippen LogP contribution in [0.4, 0.5) is 0 Å². The van der Waals surface area contributed by atoms with Crippen molar-refractivity contribution in [1.82, 2.24) is 10.2 Å². The highest BCUT2D eigenvalue weighted by molar-refractivity contribution is 5.79. The van der Waals surface area contributed by atoms with E-state index in [0.29, 0.717) is 6.42 Å². The minimum Gasteiger partial charge on any atom is -0.372 e. The molecule has 4 nitrogen and oxygen atoms in total. The fraction of sp³-hybridized carbons (Fsp3) is 0.875. The van der Waals surface area contributed by atoms with Crippen molar-refractivity contribution in [2.75, 3.05) is 13.1 Å². The Balaban J connectivity index is 2.55. The predicted molar refractivity (Wildman–Crippen MR) is 45.5 cm³/mol. The van der Waals surface area contributed by atoms with Gasteiger partial charge in [-0.1, -0.05) is 13.8 Å². The van der Waals surface area contributed by atoms with Crippen molar-refractivity contribution in [3.63, 3.8) is 0 Å². The van der Waals surface area contributed by atoms with Gasteiger partial charge in [-0.15, -0.1) is 0 Å². The molecular weight excluding hydrogens is 156 g/mol. The molecule has 0 aromatic heterocycles. The zero-order valence-electron chi connectivity index (χ0n) is 7.58. The topological polar surface area (TPSA) is 52.6 Å². The van der Waals surface area contributed by atoms with Gasteiger partial charge in [0.1, 0.15) is 6.23 Å². The van der Waals surface area contributed by atoms with E-state index in [2.05, 4.69) is 10.2 Å². The van der Waals surface area contributed by atoms with Crippen molar-refractivity contribution in [2.45, 2.75) is 32.5 Å². The molecule has 1 amide bonds. The molecule has 2 N–H and O–H groups in total. The summed E-state index contributed by atoms with van der Waals surface area (Å²) in [5.41, 5.74) is 0. The molecule has 1 aliphatic rings. The van der Waals surface area contributed by atoms with Gasteiger partial charge >= 0.3 is 0 Å². The first-order chi connectivity index (χ1) is 5.69. The van der Waals surface area contributed by atoms with Crippen LogP contribution in [0.2, 0.25) is 0 Å². The van der Waals surface area contributed by atoms with E-state index in [9.17, 15) is 9.90 Å². The van der Waals surface area contributed by atoms with E-state index in [1.165, 1.54) is 0 Å². The minimum atomic E-state index is -0.683. The summed E-state index contributed by atoms with van der Waals surface area (Å²) in [5.74, 6) is -0.0561. The Morgan fingerprint density at radius 3 is 2.50 bits per heavy atom. The number of carbonyl (C=O) groups is 1. The maximum atomic E-state index is 10.9. The molecule has 0 aliphatic carbocycles. The van der Waals surface area contributed by atoms with Gasteiger partial charge < -0.3 is 10.4 Å². The second-order valence-corrected chi connectivity index (χ2v) is 3.01. The molecule has 2 atom stereocenters. The maximum Gasteiger partial charge on any atom is 0.223 e. The van der Waals surface area contributed by atoms with E-state index < -0.39 is 6.23 Å². The van der Waals surface area contributed by atoms with E-state index >= 15 is 0 Å². The molecule has 0 radical (unpaired) electrons. The zero-order valence-corrected chi connectivity index (χ0v) is 7.58. The molecule has 12 heavy (non-hydrogen) atoms. The second kappa shape index (κ2) is 3.87. The van der Waals surface area contributed by atoms with Crippen LogP contribution in [0.5, 0.6) is 0 Å². The number of nitrogens with zero attached hydrogens (tertiary/aromatic N) is 1. The summed E-state index contributed by atoms with van der Waals surface area (Å²) >= 11 is 0. The highest BCUT2D eigenvalue weighted by Gasteiger charge is 2.33. The van der Waals surface area contributed by atoms with Crippen LogP contribution in [0.1, 0.15) is 20.3 Å². The Labute approximate surface area is 72.6 Å². The van der Waals surface area contributed by atoms with Crippen LogP contribution in [0.15, 0.2) is 0 Å². The summed E-state index contributed by atoms with van der Waals surface area (Å²) in [5, 5.41) is 11.9. The minimum absolute atomic E-state index is 0.0347. The fourth-order valence-corrected chi connectivity index (χ4v) is 1.64. The van der Waals surface area contributed by atoms with E-state index in [4.69, 9.17) is 0 Å². The first-order valence-corrected chi connectivity index (χ1v) is 4.40. The molecule has 0 unspecified atom stereocenters. The number of rotatable bonds is 3. The van der Waals surface area contributed by atoms with E-state index in [-0.39, 0.29) is 11.9 Å². The Morgan fingerprint density at radius 2 is 2.17 bits per heavy atom. The highest BCUT2D eigenvalue weighted by atomic mass is 16.3. The molecule has 1 rings (SSSR count). The van der Waals surface area contributed by atoms with Crippen molar-refractivity contribution in [3.8, 4) is 0 Å². The average molecular weight is 172 g/mol. The molecule has 0 spiro atoms. The second-order valence-electron chi connectivity index (χ2n) is 3.01. The van der Waals surface area contributed by atoms with Gasteiger partial charge in [0.2, 0.25) is 5.91 Å². The number of carbonyl (C=O) groups excluding carboxylic acids is 1. The van der Waals surface area contributed by atoms with Crippen LogP contribution in [0.3, 0.4) is 0 Å². The van der Waals surface area contributed by atoms with Gasteiger partial charge in [-0.3, -0.25) is 9.69 Å². The summed E-state index contributed by atoms with van der Waals surface area (Å²) in [4.78, 5) is 13.0. The molecular formula is C8H16N2O2. The van der Waals surface area contributed by atoms with Gasteiger partial charge in [0.05, 0.1) is 6.04 Å². The van der Waals surface area contributed by atoms with Crippen LogP contribution in [0, 0.1) is 0 Å². The van der Waals surface area contributed by atoms with Crippen LogP contribution < -0.4 is 5.32 Å². The molecule has 1 heterocycles. The van der Waals surface area contributed by atoms with Crippen LogP contribution >= 0.6 is 0 Å². The summed E-state index contributed by atoms with van der Waals surface area (Å²) in [6, 6.07) is -0.0347. The monoisotopic (exact) mass is 172 g/mol. The number of hydrogen-bond acceptors (Lipinski definition) is 3. The molecule has 1 aliphatic heterocycles. The molecule has 0 aromatic carbocycles. The molecule has 0 saturated carbocycles. The lowest BCUT2D eigenvalue weighted by Gasteiger charge is -2.26. The molecule has 70 valence electrons. The number of aliphatic hydroxyl groups is 1. The van der Waals surface area contributed by atoms with Crippen molar-refractivity contribution < 1.29 is 9.90 Å². The van der Waals surface area contributed by atoms with Gasteiger partial charge in [0, 0.05) is 6.42 Å². The number of aliphatic hydroxyl groups excluding tert-OH is 1. The first kappa shape index (κ1) is 9.48. The number of amides is 1. The third-order valence-electron chi connectivity index (χ3n) is 2.35. The van der Waals surface area contributed by atoms with Gasteiger partial charge in [-0.2, -0.15) is 0 Å². The van der Waals surface area contributed by atoms with Gasteiger partial charge in [-0.05, 0) is 13.1 Å². The lowest BCUT2D eigenvalue weighted by Crippen LogP contribution is -2.43. The van der Waals surface area contributed by atoms with Crippen LogP contribution in [-0.2, 0) is 4.79 Å². The SMILES string of the molecule is CCN(CC)[C@H]1CC(=O)N[C@H]1O. The average Bonchev–Trinajstić information content (AvgIpc) is 2.34. The first-order valence-electron chi connectivity index (χ1n) is 4.40. The number of hydrogen-bond donors (Lipinski definition) is 2. The molecule has 1 saturated heterocycles. The third-order valence-corrected chi connectivity index (χ3v) is 2.35. The molecule has 0 aromatic rings. The third kappa shape index (κ3) is 1.76. The lowest BCUT2D eigenvalue weighted by atomic mass is 10.2. The van der Waals surface area contributed by atoms with Crippen molar-refractivity contribution in [2.24, 2.45) is 0 Å². The summed E-state index contributed by atoms with van der Waals surface area (Å²) in [6.45, 7) is 5.79. The Morgan fingerprint density at radius 1 is 1.58 bits per heavy atom. The number of likely N-dealkylation sites (N-methyl/N-ethyl adjacent to an activating group) is 1. The van der Waals surface area contributed by atoms with E-state index in [0.717, 1.165) is 13.1 Å². The van der Waals surface area contributed by atoms with Gasteiger partial charge in [0.25, 0.3) is 0 Å². The van der Waals surface area contributed by atoms with Crippen molar-refractivity contribution in [3.05, 3.63) is 0 Å². The quantitative estimate of drug-likeness (QED) is 0.605. The Kier molecular flexibility index (Phi) is 3.05. The largest absolute Gasteiger partial charge is 0.372 e. The van der Waals surface area contributed by atoms with Gasteiger partial charge in [0.15, 0.2) is 0 Å². The lowest BCUT2D eigenvalue weighted by molar-refractivity contribution is -0.120. The zero-order chi connectivity index (χ0) is 9.14. The standard InChI is InChI=1S/C8H16N2O2/c1-3-10(4-2)6-5-7(11)9-8(6)12/h6,8,12H,3-5H2,1-2H3,(H,9,11)/t6-,8-/m0/s1. The maximum absolute atomic E-state index is 10.9. The molecule has 4 heteroatoms. The summed E-state index contributed by atoms with van der Waals surface area (Å²) in [7, 11) is 0. The van der Waals surface area contributed by atoms with E-state index in [1.54, 1.807) is 0 Å². The van der Waals surface area contributed by atoms with Crippen molar-refractivity contribution in [1.29, 1.82) is 0 Å². The Bertz CT molecular complexity index is 168. The summed E-state index contributed by atoms with van der Waals surface area (Å²) in [6.07, 6.45) is -0.263. The summed E-state index contributed by atoms with van der Waals surface area (Å²) < 4.78 is 0. The van der Waals surface area contributed by atoms with E-state index in [1.807, 2.05) is 13.8 Å². The smallest absolute Gasteiger partial charge is 0.223 e. The van der Waals surface area contributed by atoms with Crippen LogP contribution in [0.25, 0.3) is 0 Å². The molecule has 1 fully saturated rings.